The maximum atomic E-state index is 9.98. The number of hydrogen-bond acceptors (Lipinski definition) is 1. The Morgan fingerprint density at radius 1 is 1.75 bits per heavy atom. The smallest absolute Gasteiger partial charge is 0.114 e. The minimum atomic E-state index is -0.264. The molecule has 2 atom stereocenters. The summed E-state index contributed by atoms with van der Waals surface area (Å²) in [6, 6.07) is 0. The summed E-state index contributed by atoms with van der Waals surface area (Å²) >= 11 is 0. The van der Waals surface area contributed by atoms with E-state index in [-0.39, 0.29) is 5.82 Å². The molecule has 1 nitrogen and oxygen atoms in total. The molecule has 0 heterocycles. The number of carbonyl (C=O) groups excluding carboxylic acids is 1. The average Bonchev–Trinajstić information content (AvgIpc) is 1.84. The largest absolute Gasteiger partial charge is 0.304 e. The minimum Gasteiger partial charge on any atom is -0.304 e. The number of rotatable bonds is 3. The van der Waals surface area contributed by atoms with Gasteiger partial charge in [-0.2, -0.15) is 0 Å². The van der Waals surface area contributed by atoms with Crippen LogP contribution in [-0.2, 0) is 4.79 Å². The summed E-state index contributed by atoms with van der Waals surface area (Å²) in [6.45, 7) is 3.99. The van der Waals surface area contributed by atoms with Crippen molar-refractivity contribution in [2.45, 2.75) is 26.1 Å². The van der Waals surface area contributed by atoms with Crippen molar-refractivity contribution in [3.63, 3.8) is 0 Å². The molecule has 0 aromatic rings. The van der Waals surface area contributed by atoms with E-state index < -0.39 is 0 Å². The first-order chi connectivity index (χ1) is 3.72. The summed E-state index contributed by atoms with van der Waals surface area (Å²) in [6.07, 6.45) is 1.77. The average molecular weight is 110 g/mol. The van der Waals surface area contributed by atoms with Gasteiger partial charge >= 0.3 is 0 Å². The lowest BCUT2D eigenvalue weighted by Crippen LogP contribution is -2.04. The molecule has 0 spiro atoms. The zero-order chi connectivity index (χ0) is 6.57. The fraction of sp³-hybridized carbons (Fsp3) is 0.833. The van der Waals surface area contributed by atoms with Gasteiger partial charge in [-0.1, -0.05) is 20.3 Å². The molecule has 2 radical (unpaired) electrons. The number of carbonyl (C=O) groups is 1. The second-order valence-electron chi connectivity index (χ2n) is 2.10. The Labute approximate surface area is 51.9 Å². The summed E-state index contributed by atoms with van der Waals surface area (Å²) in [7, 11) is 5.36. The van der Waals surface area contributed by atoms with Crippen molar-refractivity contribution < 1.29 is 4.79 Å². The Hall–Kier alpha value is -0.265. The van der Waals surface area contributed by atoms with Crippen LogP contribution in [0.4, 0.5) is 0 Å². The molecular formula is C6H11BO. The molecule has 0 bridgehead atoms. The van der Waals surface area contributed by atoms with E-state index in [1.54, 1.807) is 0 Å². The van der Waals surface area contributed by atoms with Gasteiger partial charge in [0.1, 0.15) is 6.29 Å². The molecule has 8 heavy (non-hydrogen) atoms. The highest BCUT2D eigenvalue weighted by atomic mass is 16.1. The summed E-state index contributed by atoms with van der Waals surface area (Å²) < 4.78 is 0. The lowest BCUT2D eigenvalue weighted by atomic mass is 9.77. The van der Waals surface area contributed by atoms with E-state index >= 15 is 0 Å². The van der Waals surface area contributed by atoms with E-state index in [4.69, 9.17) is 7.85 Å². The fourth-order valence-electron chi connectivity index (χ4n) is 0.406. The zero-order valence-corrected chi connectivity index (χ0v) is 5.42. The van der Waals surface area contributed by atoms with Crippen molar-refractivity contribution in [1.29, 1.82) is 0 Å². The molecule has 0 aliphatic heterocycles. The molecular weight excluding hydrogens is 98.9 g/mol. The Balaban J connectivity index is 3.44. The highest BCUT2D eigenvalue weighted by Crippen LogP contribution is 2.13. The Morgan fingerprint density at radius 3 is 2.38 bits per heavy atom. The lowest BCUT2D eigenvalue weighted by molar-refractivity contribution is -0.108. The highest BCUT2D eigenvalue weighted by molar-refractivity contribution is 6.19. The van der Waals surface area contributed by atoms with E-state index in [2.05, 4.69) is 0 Å². The van der Waals surface area contributed by atoms with Crippen LogP contribution in [0.1, 0.15) is 20.3 Å². The third kappa shape index (κ3) is 2.15. The first-order valence-corrected chi connectivity index (χ1v) is 2.93. The van der Waals surface area contributed by atoms with Gasteiger partial charge in [-0.25, -0.2) is 0 Å². The second kappa shape index (κ2) is 3.70. The van der Waals surface area contributed by atoms with Crippen LogP contribution in [0, 0.1) is 5.92 Å². The second-order valence-corrected chi connectivity index (χ2v) is 2.10. The van der Waals surface area contributed by atoms with Crippen molar-refractivity contribution in [3.05, 3.63) is 0 Å². The van der Waals surface area contributed by atoms with Crippen molar-refractivity contribution in [1.82, 2.24) is 0 Å². The maximum absolute atomic E-state index is 9.98. The van der Waals surface area contributed by atoms with Gasteiger partial charge in [-0.15, -0.1) is 0 Å². The van der Waals surface area contributed by atoms with E-state index in [9.17, 15) is 4.79 Å². The molecule has 0 saturated carbocycles. The molecule has 2 heteroatoms. The van der Waals surface area contributed by atoms with Crippen LogP contribution in [-0.4, -0.2) is 14.1 Å². The van der Waals surface area contributed by atoms with Crippen LogP contribution in [0.3, 0.4) is 0 Å². The van der Waals surface area contributed by atoms with E-state index in [1.165, 1.54) is 0 Å². The Bertz CT molecular complexity index is 72.9. The summed E-state index contributed by atoms with van der Waals surface area (Å²) in [4.78, 5) is 9.98. The molecule has 0 rings (SSSR count). The predicted octanol–water partition coefficient (Wildman–Crippen LogP) is 1.19. The zero-order valence-electron chi connectivity index (χ0n) is 5.42. The topological polar surface area (TPSA) is 17.1 Å². The van der Waals surface area contributed by atoms with Gasteiger partial charge < -0.3 is 4.79 Å². The molecule has 0 saturated heterocycles. The fourth-order valence-corrected chi connectivity index (χ4v) is 0.406. The third-order valence-electron chi connectivity index (χ3n) is 1.46. The normalized spacial score (nSPS) is 17.2. The van der Waals surface area contributed by atoms with E-state index in [0.717, 1.165) is 12.7 Å². The quantitative estimate of drug-likeness (QED) is 0.394. The molecule has 0 aliphatic rings. The minimum absolute atomic E-state index is 0.264. The number of aldehydes is 1. The highest BCUT2D eigenvalue weighted by Gasteiger charge is 2.06. The van der Waals surface area contributed by atoms with E-state index in [1.807, 2.05) is 13.8 Å². The van der Waals surface area contributed by atoms with Gasteiger partial charge in [0.15, 0.2) is 0 Å². The van der Waals surface area contributed by atoms with Gasteiger partial charge in [-0.3, -0.25) is 0 Å². The van der Waals surface area contributed by atoms with Gasteiger partial charge in [0, 0.05) is 0 Å². The van der Waals surface area contributed by atoms with Gasteiger partial charge in [-0.05, 0) is 11.7 Å². The predicted molar refractivity (Wildman–Crippen MR) is 35.0 cm³/mol. The molecule has 0 N–H and O–H groups in total. The monoisotopic (exact) mass is 110 g/mol. The van der Waals surface area contributed by atoms with Crippen LogP contribution in [0.2, 0.25) is 5.82 Å². The molecule has 0 aliphatic carbocycles. The van der Waals surface area contributed by atoms with Crippen LogP contribution in [0.25, 0.3) is 0 Å². The molecule has 0 aromatic carbocycles. The maximum Gasteiger partial charge on any atom is 0.114 e. The van der Waals surface area contributed by atoms with Crippen LogP contribution < -0.4 is 0 Å². The summed E-state index contributed by atoms with van der Waals surface area (Å²) in [5.41, 5.74) is 0. The molecule has 0 aromatic heterocycles. The van der Waals surface area contributed by atoms with Crippen molar-refractivity contribution in [3.8, 4) is 0 Å². The van der Waals surface area contributed by atoms with Crippen LogP contribution in [0.15, 0.2) is 0 Å². The molecule has 44 valence electrons. The van der Waals surface area contributed by atoms with Gasteiger partial charge in [0.2, 0.25) is 0 Å². The SMILES string of the molecule is [B]C(C=O)C(C)CC. The standard InChI is InChI=1S/C6H11BO/c1-3-5(2)6(7)4-8/h4-6H,3H2,1-2H3. The lowest BCUT2D eigenvalue weighted by Gasteiger charge is -2.09. The van der Waals surface area contributed by atoms with Gasteiger partial charge in [0.05, 0.1) is 7.85 Å². The Morgan fingerprint density at radius 2 is 2.25 bits per heavy atom. The first kappa shape index (κ1) is 7.73. The molecule has 2 unspecified atom stereocenters. The third-order valence-corrected chi connectivity index (χ3v) is 1.46. The van der Waals surface area contributed by atoms with Crippen molar-refractivity contribution in [2.75, 3.05) is 0 Å². The van der Waals surface area contributed by atoms with E-state index in [0.29, 0.717) is 5.92 Å². The first-order valence-electron chi connectivity index (χ1n) is 2.93. The van der Waals surface area contributed by atoms with Crippen LogP contribution in [0.5, 0.6) is 0 Å². The summed E-state index contributed by atoms with van der Waals surface area (Å²) in [5, 5.41) is 0. The van der Waals surface area contributed by atoms with Crippen molar-refractivity contribution in [2.24, 2.45) is 5.92 Å². The number of hydrogen-bond donors (Lipinski definition) is 0. The van der Waals surface area contributed by atoms with Crippen molar-refractivity contribution >= 4 is 14.1 Å². The van der Waals surface area contributed by atoms with Crippen LogP contribution >= 0.6 is 0 Å². The molecule has 0 fully saturated rings. The molecule has 0 amide bonds. The summed E-state index contributed by atoms with van der Waals surface area (Å²) in [5.74, 6) is 0.0625. The Kier molecular flexibility index (Phi) is 3.58. The van der Waals surface area contributed by atoms with Gasteiger partial charge in [0.25, 0.3) is 0 Å².